The first-order valence-corrected chi connectivity index (χ1v) is 8.31. The van der Waals surface area contributed by atoms with Gasteiger partial charge in [-0.15, -0.1) is 0 Å². The molecule has 0 heterocycles. The van der Waals surface area contributed by atoms with Crippen molar-refractivity contribution in [1.82, 2.24) is 5.32 Å². The van der Waals surface area contributed by atoms with Gasteiger partial charge in [0, 0.05) is 30.1 Å². The first kappa shape index (κ1) is 18.3. The minimum atomic E-state index is -0.0669. The fourth-order valence-corrected chi connectivity index (χ4v) is 2.56. The van der Waals surface area contributed by atoms with E-state index in [0.29, 0.717) is 29.4 Å². The Morgan fingerprint density at radius 3 is 2.62 bits per heavy atom. The van der Waals surface area contributed by atoms with E-state index in [9.17, 15) is 4.79 Å². The minimum absolute atomic E-state index is 0.0669. The first-order valence-electron chi connectivity index (χ1n) is 7.93. The third-order valence-corrected chi connectivity index (χ3v) is 4.26. The van der Waals surface area contributed by atoms with E-state index in [4.69, 9.17) is 16.3 Å². The Balaban J connectivity index is 1.87. The molecule has 0 saturated carbocycles. The van der Waals surface area contributed by atoms with Crippen LogP contribution in [-0.4, -0.2) is 19.6 Å². The lowest BCUT2D eigenvalue weighted by molar-refractivity contribution is -0.116. The van der Waals surface area contributed by atoms with Crippen LogP contribution < -0.4 is 15.4 Å². The molecule has 4 nitrogen and oxygen atoms in total. The molecule has 0 aliphatic rings. The number of ether oxygens (including phenoxy) is 1. The molecule has 5 heteroatoms. The second-order valence-corrected chi connectivity index (χ2v) is 6.09. The van der Waals surface area contributed by atoms with Gasteiger partial charge in [-0.1, -0.05) is 41.9 Å². The van der Waals surface area contributed by atoms with E-state index >= 15 is 0 Å². The van der Waals surface area contributed by atoms with Gasteiger partial charge in [0.05, 0.1) is 12.8 Å². The van der Waals surface area contributed by atoms with Gasteiger partial charge in [-0.25, -0.2) is 0 Å². The Kier molecular flexibility index (Phi) is 6.64. The number of hydrogen-bond acceptors (Lipinski definition) is 3. The molecule has 0 spiro atoms. The van der Waals surface area contributed by atoms with Crippen LogP contribution in [0.1, 0.15) is 30.5 Å². The normalized spacial score (nSPS) is 11.8. The summed E-state index contributed by atoms with van der Waals surface area (Å²) < 4.78 is 5.27. The second-order valence-electron chi connectivity index (χ2n) is 5.69. The number of anilines is 1. The molecule has 0 bridgehead atoms. The maximum atomic E-state index is 12.2. The van der Waals surface area contributed by atoms with Crippen LogP contribution in [0.4, 0.5) is 5.69 Å². The molecule has 2 aromatic carbocycles. The number of hydrogen-bond donors (Lipinski definition) is 2. The summed E-state index contributed by atoms with van der Waals surface area (Å²) in [4.78, 5) is 12.2. The van der Waals surface area contributed by atoms with Crippen molar-refractivity contribution in [2.45, 2.75) is 26.3 Å². The van der Waals surface area contributed by atoms with E-state index in [1.807, 2.05) is 31.2 Å². The van der Waals surface area contributed by atoms with Crippen molar-refractivity contribution in [3.63, 3.8) is 0 Å². The molecule has 128 valence electrons. The van der Waals surface area contributed by atoms with Crippen molar-refractivity contribution < 1.29 is 9.53 Å². The smallest absolute Gasteiger partial charge is 0.225 e. The molecular weight excluding hydrogens is 324 g/mol. The highest BCUT2D eigenvalue weighted by atomic mass is 35.5. The van der Waals surface area contributed by atoms with Gasteiger partial charge in [-0.05, 0) is 31.0 Å². The average Bonchev–Trinajstić information content (AvgIpc) is 2.58. The highest BCUT2D eigenvalue weighted by Crippen LogP contribution is 2.30. The predicted octanol–water partition coefficient (Wildman–Crippen LogP) is 4.34. The summed E-state index contributed by atoms with van der Waals surface area (Å²) in [6, 6.07) is 13.9. The van der Waals surface area contributed by atoms with Crippen LogP contribution in [0.2, 0.25) is 5.02 Å². The van der Waals surface area contributed by atoms with Crippen molar-refractivity contribution in [2.24, 2.45) is 0 Å². The van der Waals surface area contributed by atoms with Gasteiger partial charge in [-0.2, -0.15) is 0 Å². The molecule has 0 aliphatic carbocycles. The summed E-state index contributed by atoms with van der Waals surface area (Å²) in [5.74, 6) is 0.493. The number of carbonyl (C=O) groups is 1. The van der Waals surface area contributed by atoms with E-state index < -0.39 is 0 Å². The number of benzene rings is 2. The zero-order chi connectivity index (χ0) is 17.5. The van der Waals surface area contributed by atoms with Crippen molar-refractivity contribution in [3.05, 3.63) is 58.6 Å². The van der Waals surface area contributed by atoms with Crippen LogP contribution in [0.5, 0.6) is 5.75 Å². The van der Waals surface area contributed by atoms with Gasteiger partial charge >= 0.3 is 0 Å². The molecule has 0 aromatic heterocycles. The van der Waals surface area contributed by atoms with Crippen LogP contribution in [-0.2, 0) is 4.79 Å². The highest BCUT2D eigenvalue weighted by Gasteiger charge is 2.11. The van der Waals surface area contributed by atoms with Gasteiger partial charge in [0.2, 0.25) is 5.91 Å². The van der Waals surface area contributed by atoms with Crippen LogP contribution in [0.3, 0.4) is 0 Å². The quantitative estimate of drug-likeness (QED) is 0.784. The zero-order valence-electron chi connectivity index (χ0n) is 14.2. The van der Waals surface area contributed by atoms with Gasteiger partial charge in [0.1, 0.15) is 5.75 Å². The lowest BCUT2D eigenvalue weighted by Gasteiger charge is -2.15. The lowest BCUT2D eigenvalue weighted by atomic mass is 10.1. The zero-order valence-corrected chi connectivity index (χ0v) is 15.0. The Labute approximate surface area is 148 Å². The Morgan fingerprint density at radius 1 is 1.25 bits per heavy atom. The Morgan fingerprint density at radius 2 is 1.96 bits per heavy atom. The topological polar surface area (TPSA) is 50.4 Å². The van der Waals surface area contributed by atoms with E-state index in [-0.39, 0.29) is 11.9 Å². The van der Waals surface area contributed by atoms with E-state index in [0.717, 1.165) is 5.56 Å². The van der Waals surface area contributed by atoms with Crippen molar-refractivity contribution in [3.8, 4) is 5.75 Å². The van der Waals surface area contributed by atoms with Crippen LogP contribution in [0.15, 0.2) is 42.5 Å². The summed E-state index contributed by atoms with van der Waals surface area (Å²) >= 11 is 6.08. The highest BCUT2D eigenvalue weighted by molar-refractivity contribution is 6.31. The predicted molar refractivity (Wildman–Crippen MR) is 98.8 cm³/mol. The number of rotatable bonds is 7. The summed E-state index contributed by atoms with van der Waals surface area (Å²) in [6.07, 6.45) is 0.377. The number of halogens is 1. The van der Waals surface area contributed by atoms with Gasteiger partial charge in [0.15, 0.2) is 0 Å². The number of amides is 1. The molecule has 2 aromatic rings. The molecule has 0 fully saturated rings. The number of methoxy groups -OCH3 is 1. The van der Waals surface area contributed by atoms with Gasteiger partial charge < -0.3 is 15.4 Å². The summed E-state index contributed by atoms with van der Waals surface area (Å²) in [6.45, 7) is 4.57. The Hall–Kier alpha value is -2.04. The van der Waals surface area contributed by atoms with Crippen LogP contribution in [0, 0.1) is 6.92 Å². The minimum Gasteiger partial charge on any atom is -0.495 e. The summed E-state index contributed by atoms with van der Waals surface area (Å²) in [5, 5.41) is 6.85. The fourth-order valence-electron chi connectivity index (χ4n) is 2.40. The Bertz CT molecular complexity index is 689. The molecule has 24 heavy (non-hydrogen) atoms. The molecule has 0 radical (unpaired) electrons. The molecule has 0 saturated heterocycles. The summed E-state index contributed by atoms with van der Waals surface area (Å²) in [7, 11) is 1.56. The third-order valence-electron chi connectivity index (χ3n) is 3.86. The molecule has 2 rings (SSSR count). The second kappa shape index (κ2) is 8.71. The maximum absolute atomic E-state index is 12.2. The SMILES string of the molecule is COc1cc(Cl)c(C)cc1NC(=O)CCNC(C)c1ccccc1. The molecule has 1 atom stereocenters. The van der Waals surface area contributed by atoms with Gasteiger partial charge in [-0.3, -0.25) is 4.79 Å². The molecule has 2 N–H and O–H groups in total. The summed E-state index contributed by atoms with van der Waals surface area (Å²) in [5.41, 5.74) is 2.73. The molecule has 0 aliphatic heterocycles. The average molecular weight is 347 g/mol. The molecule has 1 amide bonds. The van der Waals surface area contributed by atoms with E-state index in [2.05, 4.69) is 29.7 Å². The maximum Gasteiger partial charge on any atom is 0.225 e. The van der Waals surface area contributed by atoms with E-state index in [1.54, 1.807) is 13.2 Å². The largest absolute Gasteiger partial charge is 0.495 e. The van der Waals surface area contributed by atoms with Crippen molar-refractivity contribution in [1.29, 1.82) is 0 Å². The lowest BCUT2D eigenvalue weighted by Crippen LogP contribution is -2.24. The monoisotopic (exact) mass is 346 g/mol. The third kappa shape index (κ3) is 4.98. The number of aryl methyl sites for hydroxylation is 1. The number of carbonyl (C=O) groups excluding carboxylic acids is 1. The fraction of sp³-hybridized carbons (Fsp3) is 0.316. The molecule has 1 unspecified atom stereocenters. The number of nitrogens with one attached hydrogen (secondary N) is 2. The van der Waals surface area contributed by atoms with Gasteiger partial charge in [0.25, 0.3) is 0 Å². The molecular formula is C19H23ClN2O2. The van der Waals surface area contributed by atoms with Crippen molar-refractivity contribution >= 4 is 23.2 Å². The standard InChI is InChI=1S/C19H23ClN2O2/c1-13-11-17(18(24-3)12-16(13)20)22-19(23)9-10-21-14(2)15-7-5-4-6-8-15/h4-8,11-12,14,21H,9-10H2,1-3H3,(H,22,23). The van der Waals surface area contributed by atoms with E-state index in [1.165, 1.54) is 5.56 Å². The first-order chi connectivity index (χ1) is 11.5. The van der Waals surface area contributed by atoms with Crippen LogP contribution >= 0.6 is 11.6 Å². The van der Waals surface area contributed by atoms with Crippen LogP contribution in [0.25, 0.3) is 0 Å². The van der Waals surface area contributed by atoms with Crippen molar-refractivity contribution in [2.75, 3.05) is 19.0 Å².